The van der Waals surface area contributed by atoms with E-state index in [1.165, 1.54) is 6.07 Å². The summed E-state index contributed by atoms with van der Waals surface area (Å²) in [5, 5.41) is 13.8. The van der Waals surface area contributed by atoms with Gasteiger partial charge in [0.1, 0.15) is 5.82 Å². The smallest absolute Gasteiger partial charge is 0.319 e. The van der Waals surface area contributed by atoms with Gasteiger partial charge in [0.25, 0.3) is 0 Å². The second kappa shape index (κ2) is 7.69. The highest BCUT2D eigenvalue weighted by Gasteiger charge is 2.09. The molecule has 0 aromatic heterocycles. The fraction of sp³-hybridized carbons (Fsp3) is 0.385. The van der Waals surface area contributed by atoms with Crippen molar-refractivity contribution >= 4 is 29.3 Å². The molecule has 1 rings (SSSR count). The van der Waals surface area contributed by atoms with Gasteiger partial charge in [0, 0.05) is 23.2 Å². The van der Waals surface area contributed by atoms with Gasteiger partial charge in [-0.1, -0.05) is 11.6 Å². The topological polar surface area (TPSA) is 78.4 Å². The predicted octanol–water partition coefficient (Wildman–Crippen LogP) is 3.24. The SMILES string of the molecule is CC(CCCC(=O)O)NC(=O)Nc1cc(F)cc(Cl)c1. The molecule has 5 nitrogen and oxygen atoms in total. The highest BCUT2D eigenvalue weighted by molar-refractivity contribution is 6.30. The normalized spacial score (nSPS) is 11.8. The van der Waals surface area contributed by atoms with Crippen LogP contribution in [0, 0.1) is 5.82 Å². The van der Waals surface area contributed by atoms with Crippen LogP contribution < -0.4 is 10.6 Å². The van der Waals surface area contributed by atoms with E-state index in [-0.39, 0.29) is 23.2 Å². The second-order valence-corrected chi connectivity index (χ2v) is 4.88. The van der Waals surface area contributed by atoms with E-state index in [2.05, 4.69) is 10.6 Å². The molecule has 20 heavy (non-hydrogen) atoms. The molecule has 0 aliphatic heterocycles. The average molecular weight is 303 g/mol. The largest absolute Gasteiger partial charge is 0.481 e. The Hall–Kier alpha value is -1.82. The Morgan fingerprint density at radius 2 is 2.10 bits per heavy atom. The Labute approximate surface area is 121 Å². The van der Waals surface area contributed by atoms with Crippen LogP contribution in [0.15, 0.2) is 18.2 Å². The first-order valence-electron chi connectivity index (χ1n) is 6.12. The molecule has 0 saturated heterocycles. The molecule has 0 radical (unpaired) electrons. The van der Waals surface area contributed by atoms with Crippen molar-refractivity contribution in [1.82, 2.24) is 5.32 Å². The minimum Gasteiger partial charge on any atom is -0.481 e. The number of amides is 2. The summed E-state index contributed by atoms with van der Waals surface area (Å²) in [7, 11) is 0. The van der Waals surface area contributed by atoms with Crippen LogP contribution in [-0.4, -0.2) is 23.1 Å². The molecule has 7 heteroatoms. The third-order valence-electron chi connectivity index (χ3n) is 2.53. The number of hydrogen-bond donors (Lipinski definition) is 3. The molecule has 0 saturated carbocycles. The van der Waals surface area contributed by atoms with Crippen molar-refractivity contribution in [3.05, 3.63) is 29.0 Å². The van der Waals surface area contributed by atoms with Crippen molar-refractivity contribution in [3.8, 4) is 0 Å². The maximum Gasteiger partial charge on any atom is 0.319 e. The lowest BCUT2D eigenvalue weighted by Crippen LogP contribution is -2.36. The molecule has 0 bridgehead atoms. The van der Waals surface area contributed by atoms with Crippen molar-refractivity contribution in [3.63, 3.8) is 0 Å². The Bertz CT molecular complexity index is 476. The van der Waals surface area contributed by atoms with Gasteiger partial charge in [0.2, 0.25) is 0 Å². The van der Waals surface area contributed by atoms with Crippen LogP contribution in [0.4, 0.5) is 14.9 Å². The van der Waals surface area contributed by atoms with Crippen molar-refractivity contribution in [2.45, 2.75) is 32.2 Å². The number of rotatable bonds is 6. The highest BCUT2D eigenvalue weighted by Crippen LogP contribution is 2.17. The molecule has 2 amide bonds. The zero-order valence-corrected chi connectivity index (χ0v) is 11.7. The van der Waals surface area contributed by atoms with Gasteiger partial charge >= 0.3 is 12.0 Å². The maximum absolute atomic E-state index is 13.1. The van der Waals surface area contributed by atoms with Crippen molar-refractivity contribution < 1.29 is 19.1 Å². The van der Waals surface area contributed by atoms with Gasteiger partial charge in [-0.25, -0.2) is 9.18 Å². The number of carboxylic acid groups (broad SMARTS) is 1. The van der Waals surface area contributed by atoms with Crippen LogP contribution in [0.25, 0.3) is 0 Å². The number of aliphatic carboxylic acids is 1. The lowest BCUT2D eigenvalue weighted by atomic mass is 10.1. The third-order valence-corrected chi connectivity index (χ3v) is 2.74. The molecule has 0 aliphatic rings. The fourth-order valence-electron chi connectivity index (χ4n) is 1.65. The van der Waals surface area contributed by atoms with E-state index in [1.54, 1.807) is 6.92 Å². The lowest BCUT2D eigenvalue weighted by Gasteiger charge is -2.14. The van der Waals surface area contributed by atoms with Gasteiger partial charge < -0.3 is 15.7 Å². The van der Waals surface area contributed by atoms with Gasteiger partial charge in [0.05, 0.1) is 0 Å². The lowest BCUT2D eigenvalue weighted by molar-refractivity contribution is -0.137. The Morgan fingerprint density at radius 1 is 1.40 bits per heavy atom. The van der Waals surface area contributed by atoms with E-state index in [1.807, 2.05) is 0 Å². The summed E-state index contributed by atoms with van der Waals surface area (Å²) in [6.07, 6.45) is 1.08. The van der Waals surface area contributed by atoms with Crippen molar-refractivity contribution in [2.24, 2.45) is 0 Å². The minimum absolute atomic E-state index is 0.0626. The van der Waals surface area contributed by atoms with E-state index in [9.17, 15) is 14.0 Å². The molecule has 0 spiro atoms. The molecular weight excluding hydrogens is 287 g/mol. The summed E-state index contributed by atoms with van der Waals surface area (Å²) in [4.78, 5) is 22.0. The van der Waals surface area contributed by atoms with Crippen molar-refractivity contribution in [2.75, 3.05) is 5.32 Å². The van der Waals surface area contributed by atoms with Gasteiger partial charge in [-0.2, -0.15) is 0 Å². The number of urea groups is 1. The summed E-state index contributed by atoms with van der Waals surface area (Å²) in [6.45, 7) is 1.76. The molecule has 0 aliphatic carbocycles. The van der Waals surface area contributed by atoms with Crippen LogP contribution in [0.2, 0.25) is 5.02 Å². The summed E-state index contributed by atoms with van der Waals surface area (Å²) >= 11 is 5.67. The zero-order chi connectivity index (χ0) is 15.1. The standard InChI is InChI=1S/C13H16ClFN2O3/c1-8(3-2-4-12(18)19)16-13(20)17-11-6-9(14)5-10(15)7-11/h5-8H,2-4H2,1H3,(H,18,19)(H2,16,17,20). The number of anilines is 1. The molecule has 1 unspecified atom stereocenters. The van der Waals surface area contributed by atoms with E-state index in [0.717, 1.165) is 12.1 Å². The molecule has 0 heterocycles. The quantitative estimate of drug-likeness (QED) is 0.755. The van der Waals surface area contributed by atoms with Crippen LogP contribution in [0.3, 0.4) is 0 Å². The van der Waals surface area contributed by atoms with Crippen LogP contribution in [-0.2, 0) is 4.79 Å². The Balaban J connectivity index is 2.40. The fourth-order valence-corrected chi connectivity index (χ4v) is 1.87. The van der Waals surface area contributed by atoms with Gasteiger partial charge in [-0.3, -0.25) is 4.79 Å². The van der Waals surface area contributed by atoms with E-state index in [0.29, 0.717) is 12.8 Å². The minimum atomic E-state index is -0.865. The molecule has 1 aromatic rings. The predicted molar refractivity (Wildman–Crippen MR) is 74.5 cm³/mol. The Kier molecular flexibility index (Phi) is 6.24. The number of nitrogens with one attached hydrogen (secondary N) is 2. The summed E-state index contributed by atoms with van der Waals surface area (Å²) < 4.78 is 13.1. The first kappa shape index (κ1) is 16.2. The van der Waals surface area contributed by atoms with E-state index in [4.69, 9.17) is 16.7 Å². The molecule has 3 N–H and O–H groups in total. The van der Waals surface area contributed by atoms with Crippen LogP contribution >= 0.6 is 11.6 Å². The van der Waals surface area contributed by atoms with Gasteiger partial charge in [-0.05, 0) is 38.0 Å². The van der Waals surface area contributed by atoms with Crippen LogP contribution in [0.5, 0.6) is 0 Å². The number of carboxylic acids is 1. The maximum atomic E-state index is 13.1. The number of halogens is 2. The van der Waals surface area contributed by atoms with Gasteiger partial charge in [-0.15, -0.1) is 0 Å². The third kappa shape index (κ3) is 6.38. The first-order valence-corrected chi connectivity index (χ1v) is 6.50. The monoisotopic (exact) mass is 302 g/mol. The number of benzene rings is 1. The van der Waals surface area contributed by atoms with E-state index >= 15 is 0 Å². The van der Waals surface area contributed by atoms with Gasteiger partial charge in [0.15, 0.2) is 0 Å². The molecular formula is C13H16ClFN2O3. The highest BCUT2D eigenvalue weighted by atomic mass is 35.5. The van der Waals surface area contributed by atoms with Crippen molar-refractivity contribution in [1.29, 1.82) is 0 Å². The van der Waals surface area contributed by atoms with E-state index < -0.39 is 17.8 Å². The molecule has 0 fully saturated rings. The number of carbonyl (C=O) groups excluding carboxylic acids is 1. The van der Waals surface area contributed by atoms with Crippen LogP contribution in [0.1, 0.15) is 26.2 Å². The Morgan fingerprint density at radius 3 is 2.70 bits per heavy atom. The zero-order valence-electron chi connectivity index (χ0n) is 11.0. The summed E-state index contributed by atoms with van der Waals surface area (Å²) in [5.41, 5.74) is 0.255. The summed E-state index contributed by atoms with van der Waals surface area (Å²) in [5.74, 6) is -1.40. The first-order chi connectivity index (χ1) is 9.36. The number of hydrogen-bond acceptors (Lipinski definition) is 2. The molecule has 110 valence electrons. The average Bonchev–Trinajstić information content (AvgIpc) is 2.25. The molecule has 1 atom stereocenters. The summed E-state index contributed by atoms with van der Waals surface area (Å²) in [6, 6.07) is 3.05. The number of carbonyl (C=O) groups is 2. The second-order valence-electron chi connectivity index (χ2n) is 4.44. The molecule has 1 aromatic carbocycles.